The highest BCUT2D eigenvalue weighted by Gasteiger charge is 2.51. The molecule has 4 atom stereocenters. The van der Waals surface area contributed by atoms with Crippen LogP contribution in [-0.4, -0.2) is 48.7 Å². The van der Waals surface area contributed by atoms with Gasteiger partial charge in [0.25, 0.3) is 5.91 Å². The van der Waals surface area contributed by atoms with Crippen LogP contribution in [0.25, 0.3) is 0 Å². The SMILES string of the molecule is COc1cc(F)c(O[C@H]2CC[C@@](C)(CC(=O)O)CC2)cc1C(=O)N[C@@H]1[C@H]2CC[C@H](C2)[C@@H]1C(=O)NCC1(C)CCC1. The van der Waals surface area contributed by atoms with Gasteiger partial charge < -0.3 is 25.2 Å². The molecule has 0 saturated heterocycles. The molecule has 0 radical (unpaired) electrons. The van der Waals surface area contributed by atoms with Gasteiger partial charge in [-0.1, -0.05) is 20.3 Å². The fourth-order valence-corrected chi connectivity index (χ4v) is 7.58. The second-order valence-corrected chi connectivity index (χ2v) is 13.4. The van der Waals surface area contributed by atoms with E-state index in [1.54, 1.807) is 0 Å². The van der Waals surface area contributed by atoms with E-state index in [2.05, 4.69) is 17.6 Å². The van der Waals surface area contributed by atoms with Gasteiger partial charge in [0.15, 0.2) is 11.6 Å². The van der Waals surface area contributed by atoms with E-state index in [1.807, 2.05) is 6.92 Å². The van der Waals surface area contributed by atoms with E-state index >= 15 is 4.39 Å². The number of benzene rings is 1. The van der Waals surface area contributed by atoms with E-state index in [1.165, 1.54) is 25.7 Å². The number of amides is 2. The lowest BCUT2D eigenvalue weighted by Gasteiger charge is -2.39. The molecule has 4 fully saturated rings. The summed E-state index contributed by atoms with van der Waals surface area (Å²) in [5.41, 5.74) is 0.0557. The molecule has 5 rings (SSSR count). The molecule has 4 aliphatic carbocycles. The van der Waals surface area contributed by atoms with Gasteiger partial charge in [-0.05, 0) is 86.5 Å². The number of nitrogens with one attached hydrogen (secondary N) is 2. The Labute approximate surface area is 235 Å². The fraction of sp³-hybridized carbons (Fsp3) is 0.710. The predicted octanol–water partition coefficient (Wildman–Crippen LogP) is 5.09. The molecule has 4 aliphatic rings. The quantitative estimate of drug-likeness (QED) is 0.369. The monoisotopic (exact) mass is 558 g/mol. The van der Waals surface area contributed by atoms with Crippen LogP contribution >= 0.6 is 0 Å². The first-order chi connectivity index (χ1) is 19.0. The van der Waals surface area contributed by atoms with Crippen LogP contribution in [0.3, 0.4) is 0 Å². The Bertz CT molecular complexity index is 1140. The molecule has 1 aromatic carbocycles. The molecular formula is C31H43FN2O6. The summed E-state index contributed by atoms with van der Waals surface area (Å²) in [4.78, 5) is 38.1. The maximum absolute atomic E-state index is 15.0. The van der Waals surface area contributed by atoms with Crippen molar-refractivity contribution in [2.75, 3.05) is 13.7 Å². The van der Waals surface area contributed by atoms with E-state index in [0.29, 0.717) is 32.2 Å². The number of carboxylic acids is 1. The molecular weight excluding hydrogens is 515 g/mol. The Morgan fingerprint density at radius 3 is 2.33 bits per heavy atom. The first-order valence-electron chi connectivity index (χ1n) is 14.8. The van der Waals surface area contributed by atoms with Crippen LogP contribution in [0.5, 0.6) is 11.5 Å². The van der Waals surface area contributed by atoms with Crippen molar-refractivity contribution in [1.82, 2.24) is 10.6 Å². The van der Waals surface area contributed by atoms with E-state index in [-0.39, 0.29) is 70.1 Å². The third-order valence-corrected chi connectivity index (χ3v) is 10.3. The van der Waals surface area contributed by atoms with E-state index in [9.17, 15) is 19.5 Å². The van der Waals surface area contributed by atoms with E-state index in [0.717, 1.165) is 32.1 Å². The molecule has 0 aromatic heterocycles. The molecule has 8 nitrogen and oxygen atoms in total. The van der Waals surface area contributed by atoms with Gasteiger partial charge >= 0.3 is 5.97 Å². The number of carboxylic acid groups (broad SMARTS) is 1. The normalized spacial score (nSPS) is 32.1. The molecule has 2 amide bonds. The number of aliphatic carboxylic acids is 1. The summed E-state index contributed by atoms with van der Waals surface area (Å²) >= 11 is 0. The summed E-state index contributed by atoms with van der Waals surface area (Å²) in [7, 11) is 1.39. The average Bonchev–Trinajstić information content (AvgIpc) is 3.50. The molecule has 0 unspecified atom stereocenters. The maximum Gasteiger partial charge on any atom is 0.303 e. The van der Waals surface area contributed by atoms with Crippen LogP contribution in [-0.2, 0) is 9.59 Å². The minimum absolute atomic E-state index is 0.0197. The van der Waals surface area contributed by atoms with E-state index < -0.39 is 17.7 Å². The lowest BCUT2D eigenvalue weighted by Crippen LogP contribution is -2.51. The van der Waals surface area contributed by atoms with Crippen molar-refractivity contribution in [1.29, 1.82) is 0 Å². The van der Waals surface area contributed by atoms with Crippen LogP contribution in [0, 0.1) is 34.4 Å². The molecule has 9 heteroatoms. The molecule has 0 heterocycles. The van der Waals surface area contributed by atoms with Gasteiger partial charge in [0.2, 0.25) is 5.91 Å². The van der Waals surface area contributed by atoms with Crippen molar-refractivity contribution >= 4 is 17.8 Å². The summed E-state index contributed by atoms with van der Waals surface area (Å²) < 4.78 is 26.4. The first kappa shape index (κ1) is 28.7. The number of methoxy groups -OCH3 is 1. The van der Waals surface area contributed by atoms with Crippen molar-refractivity contribution < 1.29 is 33.4 Å². The Hall–Kier alpha value is -2.84. The van der Waals surface area contributed by atoms with Gasteiger partial charge in [0.1, 0.15) is 5.75 Å². The zero-order valence-corrected chi connectivity index (χ0v) is 23.9. The zero-order valence-electron chi connectivity index (χ0n) is 23.9. The number of carbonyl (C=O) groups excluding carboxylic acids is 2. The van der Waals surface area contributed by atoms with Gasteiger partial charge in [-0.15, -0.1) is 0 Å². The highest BCUT2D eigenvalue weighted by molar-refractivity contribution is 5.98. The molecule has 0 aliphatic heterocycles. The zero-order chi connectivity index (χ0) is 28.7. The van der Waals surface area contributed by atoms with Crippen LogP contribution in [0.4, 0.5) is 4.39 Å². The fourth-order valence-electron chi connectivity index (χ4n) is 7.58. The Kier molecular flexibility index (Phi) is 8.03. The van der Waals surface area contributed by atoms with Crippen LogP contribution in [0.2, 0.25) is 0 Å². The molecule has 4 saturated carbocycles. The van der Waals surface area contributed by atoms with Gasteiger partial charge in [-0.25, -0.2) is 4.39 Å². The predicted molar refractivity (Wildman–Crippen MR) is 147 cm³/mol. The van der Waals surface area contributed by atoms with Gasteiger partial charge in [0.05, 0.1) is 31.1 Å². The third kappa shape index (κ3) is 5.93. The number of hydrogen-bond acceptors (Lipinski definition) is 5. The molecule has 2 bridgehead atoms. The Morgan fingerprint density at radius 2 is 1.70 bits per heavy atom. The second-order valence-electron chi connectivity index (χ2n) is 13.4. The largest absolute Gasteiger partial charge is 0.496 e. The van der Waals surface area contributed by atoms with Crippen molar-refractivity contribution in [3.8, 4) is 11.5 Å². The van der Waals surface area contributed by atoms with Crippen molar-refractivity contribution in [2.24, 2.45) is 28.6 Å². The van der Waals surface area contributed by atoms with Gasteiger partial charge in [-0.3, -0.25) is 14.4 Å². The minimum Gasteiger partial charge on any atom is -0.496 e. The molecule has 0 spiro atoms. The van der Waals surface area contributed by atoms with Crippen LogP contribution in [0.1, 0.15) is 94.8 Å². The molecule has 1 aromatic rings. The summed E-state index contributed by atoms with van der Waals surface area (Å²) in [6, 6.07) is 2.30. The Morgan fingerprint density at radius 1 is 1.00 bits per heavy atom. The average molecular weight is 559 g/mol. The molecule has 220 valence electrons. The minimum atomic E-state index is -0.818. The maximum atomic E-state index is 15.0. The summed E-state index contributed by atoms with van der Waals surface area (Å²) in [5.74, 6) is -1.49. The number of rotatable bonds is 10. The number of halogens is 1. The van der Waals surface area contributed by atoms with Crippen molar-refractivity contribution in [3.05, 3.63) is 23.5 Å². The van der Waals surface area contributed by atoms with Crippen LogP contribution < -0.4 is 20.1 Å². The highest BCUT2D eigenvalue weighted by Crippen LogP contribution is 2.49. The number of fused-ring (bicyclic) bond motifs is 2. The summed E-state index contributed by atoms with van der Waals surface area (Å²) in [5, 5.41) is 15.5. The smallest absolute Gasteiger partial charge is 0.303 e. The highest BCUT2D eigenvalue weighted by atomic mass is 19.1. The first-order valence-corrected chi connectivity index (χ1v) is 14.8. The van der Waals surface area contributed by atoms with Crippen LogP contribution in [0.15, 0.2) is 12.1 Å². The van der Waals surface area contributed by atoms with E-state index in [4.69, 9.17) is 9.47 Å². The summed E-state index contributed by atoms with van der Waals surface area (Å²) in [6.07, 6.45) is 8.75. The summed E-state index contributed by atoms with van der Waals surface area (Å²) in [6.45, 7) is 4.84. The molecule has 40 heavy (non-hydrogen) atoms. The lowest BCUT2D eigenvalue weighted by molar-refractivity contribution is -0.140. The number of carbonyl (C=O) groups is 3. The topological polar surface area (TPSA) is 114 Å². The lowest BCUT2D eigenvalue weighted by atomic mass is 9.70. The Balaban J connectivity index is 1.27. The van der Waals surface area contributed by atoms with Gasteiger partial charge in [0, 0.05) is 18.7 Å². The standard InChI is InChI=1S/C31H43FN2O6/c1-30(16-25(35)36)11-7-20(8-12-30)40-24-14-21(23(39-3)15-22(24)32)28(37)34-27-19-6-5-18(13-19)26(27)29(38)33-17-31(2)9-4-10-31/h14-15,18-20,26-27H,4-13,16-17H2,1-3H3,(H,33,38)(H,34,37)(H,35,36)/t18-,19+,20-,26+,27-,30+/m1/s1. The van der Waals surface area contributed by atoms with Gasteiger partial charge in [-0.2, -0.15) is 0 Å². The molecule has 3 N–H and O–H groups in total. The number of hydrogen-bond donors (Lipinski definition) is 3. The number of ether oxygens (including phenoxy) is 2. The second kappa shape index (κ2) is 11.2. The third-order valence-electron chi connectivity index (χ3n) is 10.3. The van der Waals surface area contributed by atoms with Crippen molar-refractivity contribution in [3.63, 3.8) is 0 Å². The van der Waals surface area contributed by atoms with Crippen molar-refractivity contribution in [2.45, 2.75) is 96.6 Å².